The van der Waals surface area contributed by atoms with E-state index in [9.17, 15) is 18.4 Å². The fraction of sp³-hybridized carbons (Fsp3) is 0.688. The molecule has 1 aliphatic heterocycles. The Kier molecular flexibility index (Phi) is 5.09. The minimum Gasteiger partial charge on any atom is -0.444 e. The molecule has 1 atom stereocenters. The smallest absolute Gasteiger partial charge is 0.407 e. The Hall–Kier alpha value is -1.90. The first-order valence-electron chi connectivity index (χ1n) is 8.52. The highest BCUT2D eigenvalue weighted by Gasteiger charge is 2.42. The fourth-order valence-corrected chi connectivity index (χ4v) is 3.57. The first-order valence-corrected chi connectivity index (χ1v) is 8.90. The molecule has 1 aromatic heterocycles. The Morgan fingerprint density at radius 2 is 2.12 bits per heavy atom. The van der Waals surface area contributed by atoms with E-state index in [4.69, 9.17) is 16.3 Å². The van der Waals surface area contributed by atoms with Gasteiger partial charge in [-0.1, -0.05) is 11.6 Å². The average molecular weight is 391 g/mol. The number of nitrogens with zero attached hydrogens (tertiary/aromatic N) is 2. The van der Waals surface area contributed by atoms with E-state index in [2.05, 4.69) is 15.5 Å². The van der Waals surface area contributed by atoms with E-state index in [-0.39, 0.29) is 36.8 Å². The van der Waals surface area contributed by atoms with E-state index in [0.717, 1.165) is 0 Å². The molecule has 144 valence electrons. The molecule has 0 radical (unpaired) electrons. The summed E-state index contributed by atoms with van der Waals surface area (Å²) in [5.74, 6) is -2.65. The molecule has 1 saturated heterocycles. The van der Waals surface area contributed by atoms with Gasteiger partial charge in [-0.15, -0.1) is 0 Å². The number of hydrogen-bond acceptors (Lipinski definition) is 5. The summed E-state index contributed by atoms with van der Waals surface area (Å²) in [6.07, 6.45) is 0.976. The summed E-state index contributed by atoms with van der Waals surface area (Å²) >= 11 is 5.99. The molecule has 0 aromatic carbocycles. The van der Waals surface area contributed by atoms with Gasteiger partial charge in [-0.25, -0.2) is 18.7 Å². The maximum atomic E-state index is 13.3. The van der Waals surface area contributed by atoms with Crippen molar-refractivity contribution in [2.45, 2.75) is 56.6 Å². The Morgan fingerprint density at radius 3 is 2.81 bits per heavy atom. The normalized spacial score (nSPS) is 24.3. The molecule has 7 nitrogen and oxygen atoms in total. The van der Waals surface area contributed by atoms with Gasteiger partial charge in [0.1, 0.15) is 11.1 Å². The van der Waals surface area contributed by atoms with Crippen molar-refractivity contribution < 1.29 is 18.3 Å². The molecule has 3 rings (SSSR count). The van der Waals surface area contributed by atoms with E-state index in [1.54, 1.807) is 6.92 Å². The van der Waals surface area contributed by atoms with Crippen molar-refractivity contribution in [3.05, 3.63) is 21.6 Å². The minimum absolute atomic E-state index is 0.0424. The SMILES string of the molecule is CC1(NC(=O)O[C@@H]2CCN(c3cn[nH]c(=O)c3Cl)C2)CCC(F)(F)CC1. The first kappa shape index (κ1) is 18.9. The lowest BCUT2D eigenvalue weighted by molar-refractivity contribution is -0.0533. The Bertz CT molecular complexity index is 732. The van der Waals surface area contributed by atoms with Crippen LogP contribution < -0.4 is 15.8 Å². The van der Waals surface area contributed by atoms with E-state index in [1.165, 1.54) is 6.20 Å². The standard InChI is InChI=1S/C16H21ClF2N4O3/c1-15(3-5-16(18,19)6-4-15)21-14(25)26-10-2-7-23(9-10)11-8-20-22-13(24)12(11)17/h8,10H,2-7,9H2,1H3,(H,21,25)(H,22,24)/t10-/m1/s1. The van der Waals surface area contributed by atoms with Gasteiger partial charge in [0.25, 0.3) is 5.56 Å². The second kappa shape index (κ2) is 7.02. The van der Waals surface area contributed by atoms with Gasteiger partial charge in [0, 0.05) is 31.3 Å². The monoisotopic (exact) mass is 390 g/mol. The number of alkyl halides is 2. The van der Waals surface area contributed by atoms with Gasteiger partial charge in [-0.05, 0) is 19.8 Å². The number of alkyl carbamates (subject to hydrolysis) is 1. The molecule has 26 heavy (non-hydrogen) atoms. The highest BCUT2D eigenvalue weighted by Crippen LogP contribution is 2.38. The molecular formula is C16H21ClF2N4O3. The molecule has 10 heteroatoms. The van der Waals surface area contributed by atoms with Crippen molar-refractivity contribution in [3.8, 4) is 0 Å². The average Bonchev–Trinajstić information content (AvgIpc) is 3.01. The fourth-order valence-electron chi connectivity index (χ4n) is 3.36. The maximum absolute atomic E-state index is 13.3. The number of carbonyl (C=O) groups excluding carboxylic acids is 1. The zero-order valence-corrected chi connectivity index (χ0v) is 15.1. The maximum Gasteiger partial charge on any atom is 0.407 e. The second-order valence-electron chi connectivity index (χ2n) is 7.20. The van der Waals surface area contributed by atoms with Gasteiger partial charge in [-0.2, -0.15) is 5.10 Å². The predicted molar refractivity (Wildman–Crippen MR) is 91.9 cm³/mol. The molecule has 1 aliphatic carbocycles. The van der Waals surface area contributed by atoms with Crippen molar-refractivity contribution in [2.75, 3.05) is 18.0 Å². The van der Waals surface area contributed by atoms with Crippen molar-refractivity contribution in [1.82, 2.24) is 15.5 Å². The summed E-state index contributed by atoms with van der Waals surface area (Å²) in [6, 6.07) is 0. The molecule has 2 fully saturated rings. The van der Waals surface area contributed by atoms with Crippen molar-refractivity contribution in [1.29, 1.82) is 0 Å². The summed E-state index contributed by atoms with van der Waals surface area (Å²) in [4.78, 5) is 25.5. The number of ether oxygens (including phenoxy) is 1. The molecule has 2 N–H and O–H groups in total. The third-order valence-electron chi connectivity index (χ3n) is 5.03. The van der Waals surface area contributed by atoms with Crippen LogP contribution in [0.25, 0.3) is 0 Å². The van der Waals surface area contributed by atoms with Gasteiger partial charge in [0.2, 0.25) is 5.92 Å². The Labute approximate surface area is 154 Å². The summed E-state index contributed by atoms with van der Waals surface area (Å²) in [5.41, 5.74) is -0.673. The number of carbonyl (C=O) groups is 1. The lowest BCUT2D eigenvalue weighted by Crippen LogP contribution is -2.51. The number of amides is 1. The number of rotatable bonds is 3. The van der Waals surface area contributed by atoms with Gasteiger partial charge in [0.15, 0.2) is 0 Å². The summed E-state index contributed by atoms with van der Waals surface area (Å²) < 4.78 is 32.0. The van der Waals surface area contributed by atoms with Gasteiger partial charge in [0.05, 0.1) is 18.4 Å². The number of aromatic amines is 1. The third-order valence-corrected chi connectivity index (χ3v) is 5.39. The summed E-state index contributed by atoms with van der Waals surface area (Å²) in [5, 5.41) is 8.75. The quantitative estimate of drug-likeness (QED) is 0.828. The molecule has 1 aromatic rings. The van der Waals surface area contributed by atoms with Gasteiger partial charge < -0.3 is 15.0 Å². The lowest BCUT2D eigenvalue weighted by atomic mass is 9.81. The number of hydrogen-bond donors (Lipinski definition) is 2. The van der Waals surface area contributed by atoms with E-state index in [0.29, 0.717) is 25.2 Å². The zero-order chi connectivity index (χ0) is 18.9. The number of nitrogens with one attached hydrogen (secondary N) is 2. The molecule has 2 heterocycles. The number of anilines is 1. The van der Waals surface area contributed by atoms with Crippen molar-refractivity contribution in [2.24, 2.45) is 0 Å². The topological polar surface area (TPSA) is 87.3 Å². The molecule has 0 unspecified atom stereocenters. The van der Waals surface area contributed by atoms with Crippen LogP contribution in [0.4, 0.5) is 19.3 Å². The van der Waals surface area contributed by atoms with Crippen LogP contribution >= 0.6 is 11.6 Å². The molecule has 1 saturated carbocycles. The lowest BCUT2D eigenvalue weighted by Gasteiger charge is -2.37. The van der Waals surface area contributed by atoms with E-state index >= 15 is 0 Å². The van der Waals surface area contributed by atoms with Gasteiger partial charge in [-0.3, -0.25) is 4.79 Å². The molecule has 1 amide bonds. The highest BCUT2D eigenvalue weighted by molar-refractivity contribution is 6.33. The Morgan fingerprint density at radius 1 is 1.42 bits per heavy atom. The van der Waals surface area contributed by atoms with Gasteiger partial charge >= 0.3 is 6.09 Å². The summed E-state index contributed by atoms with van der Waals surface area (Å²) in [7, 11) is 0. The first-order chi connectivity index (χ1) is 12.2. The predicted octanol–water partition coefficient (Wildman–Crippen LogP) is 2.70. The van der Waals surface area contributed by atoms with Crippen LogP contribution in [-0.4, -0.2) is 46.9 Å². The molecule has 0 bridgehead atoms. The minimum atomic E-state index is -2.65. The van der Waals surface area contributed by atoms with Crippen LogP contribution in [0.3, 0.4) is 0 Å². The highest BCUT2D eigenvalue weighted by atomic mass is 35.5. The van der Waals surface area contributed by atoms with Crippen LogP contribution in [0.15, 0.2) is 11.0 Å². The molecule has 2 aliphatic rings. The summed E-state index contributed by atoms with van der Waals surface area (Å²) in [6.45, 7) is 2.70. The zero-order valence-electron chi connectivity index (χ0n) is 14.4. The van der Waals surface area contributed by atoms with Crippen molar-refractivity contribution in [3.63, 3.8) is 0 Å². The van der Waals surface area contributed by atoms with Crippen LogP contribution in [0, 0.1) is 0 Å². The van der Waals surface area contributed by atoms with Crippen LogP contribution in [0.5, 0.6) is 0 Å². The number of halogens is 3. The van der Waals surface area contributed by atoms with Crippen LogP contribution in [-0.2, 0) is 4.74 Å². The van der Waals surface area contributed by atoms with E-state index in [1.807, 2.05) is 4.90 Å². The van der Waals surface area contributed by atoms with Crippen LogP contribution in [0.2, 0.25) is 5.02 Å². The number of H-pyrrole nitrogens is 1. The van der Waals surface area contributed by atoms with Crippen molar-refractivity contribution >= 4 is 23.4 Å². The second-order valence-corrected chi connectivity index (χ2v) is 7.58. The molecule has 0 spiro atoms. The molecular weight excluding hydrogens is 370 g/mol. The third kappa shape index (κ3) is 4.25. The number of aromatic nitrogens is 2. The largest absolute Gasteiger partial charge is 0.444 e. The van der Waals surface area contributed by atoms with Crippen LogP contribution in [0.1, 0.15) is 39.0 Å². The van der Waals surface area contributed by atoms with E-state index < -0.39 is 23.1 Å². The Balaban J connectivity index is 1.53.